The number of furan rings is 1. The van der Waals surface area contributed by atoms with Crippen LogP contribution in [0.25, 0.3) is 0 Å². The number of carbonyl (C=O) groups excluding carboxylic acids is 2. The topological polar surface area (TPSA) is 62.6 Å². The second kappa shape index (κ2) is 10.8. The molecule has 0 radical (unpaired) electrons. The molecular formula is C23H30N2O3. The van der Waals surface area contributed by atoms with E-state index in [2.05, 4.69) is 10.2 Å². The minimum Gasteiger partial charge on any atom is -0.468 e. The number of Topliss-reactive ketones (excluding diaryl/α,β-unsaturated/α-hetero) is 1. The number of likely N-dealkylation sites (tertiary alicyclic amines) is 1. The first-order valence-corrected chi connectivity index (χ1v) is 10.4. The van der Waals surface area contributed by atoms with E-state index in [1.54, 1.807) is 6.26 Å². The molecule has 2 aromatic rings. The first-order valence-electron chi connectivity index (χ1n) is 10.4. The molecule has 0 bridgehead atoms. The number of benzene rings is 1. The van der Waals surface area contributed by atoms with Crippen molar-refractivity contribution in [3.05, 3.63) is 60.1 Å². The zero-order valence-corrected chi connectivity index (χ0v) is 16.4. The molecule has 1 aliphatic heterocycles. The van der Waals surface area contributed by atoms with Crippen LogP contribution in [0.15, 0.2) is 53.1 Å². The Morgan fingerprint density at radius 3 is 2.39 bits per heavy atom. The van der Waals surface area contributed by atoms with Gasteiger partial charge in [-0.15, -0.1) is 0 Å². The van der Waals surface area contributed by atoms with Crippen molar-refractivity contribution in [2.75, 3.05) is 19.6 Å². The van der Waals surface area contributed by atoms with Crippen molar-refractivity contribution < 1.29 is 14.0 Å². The van der Waals surface area contributed by atoms with Gasteiger partial charge in [-0.2, -0.15) is 0 Å². The summed E-state index contributed by atoms with van der Waals surface area (Å²) in [5.41, 5.74) is 0.710. The Bertz CT molecular complexity index is 720. The van der Waals surface area contributed by atoms with Crippen LogP contribution < -0.4 is 5.32 Å². The second-order valence-electron chi connectivity index (χ2n) is 7.43. The summed E-state index contributed by atoms with van der Waals surface area (Å²) in [6, 6.07) is 13.2. The van der Waals surface area contributed by atoms with E-state index < -0.39 is 0 Å². The van der Waals surface area contributed by atoms with E-state index >= 15 is 0 Å². The van der Waals surface area contributed by atoms with Gasteiger partial charge in [0.15, 0.2) is 5.78 Å². The summed E-state index contributed by atoms with van der Waals surface area (Å²) in [7, 11) is 0. The highest BCUT2D eigenvalue weighted by atomic mass is 16.3. The third-order valence-electron chi connectivity index (χ3n) is 5.35. The Balaban J connectivity index is 1.46. The van der Waals surface area contributed by atoms with Crippen LogP contribution in [0.1, 0.15) is 67.1 Å². The van der Waals surface area contributed by atoms with Crippen molar-refractivity contribution in [2.45, 2.75) is 51.0 Å². The lowest BCUT2D eigenvalue weighted by Crippen LogP contribution is -2.38. The Labute approximate surface area is 167 Å². The van der Waals surface area contributed by atoms with Gasteiger partial charge in [0.25, 0.3) is 0 Å². The lowest BCUT2D eigenvalue weighted by molar-refractivity contribution is -0.121. The van der Waals surface area contributed by atoms with Crippen LogP contribution in [0.2, 0.25) is 0 Å². The molecule has 150 valence electrons. The maximum Gasteiger partial charge on any atom is 0.220 e. The number of nitrogens with zero attached hydrogens (tertiary/aromatic N) is 1. The summed E-state index contributed by atoms with van der Waals surface area (Å²) in [6.45, 7) is 2.61. The Morgan fingerprint density at radius 1 is 0.964 bits per heavy atom. The van der Waals surface area contributed by atoms with Gasteiger partial charge in [-0.25, -0.2) is 0 Å². The van der Waals surface area contributed by atoms with Crippen LogP contribution in [0, 0.1) is 0 Å². The molecule has 28 heavy (non-hydrogen) atoms. The van der Waals surface area contributed by atoms with Gasteiger partial charge in [-0.3, -0.25) is 14.5 Å². The number of hydrogen-bond donors (Lipinski definition) is 1. The molecule has 1 aromatic carbocycles. The normalized spacial score (nSPS) is 16.3. The van der Waals surface area contributed by atoms with Crippen LogP contribution in [-0.4, -0.2) is 36.2 Å². The van der Waals surface area contributed by atoms with Gasteiger partial charge in [-0.1, -0.05) is 43.2 Å². The molecule has 1 atom stereocenters. The first-order chi connectivity index (χ1) is 13.7. The highest BCUT2D eigenvalue weighted by molar-refractivity contribution is 5.96. The molecule has 2 heterocycles. The average molecular weight is 383 g/mol. The average Bonchev–Trinajstić information content (AvgIpc) is 3.11. The SMILES string of the molecule is O=C(CCCC(=O)c1ccccc1)NCC(c1ccco1)N1CCCCCC1. The van der Waals surface area contributed by atoms with Crippen LogP contribution in [0.3, 0.4) is 0 Å². The number of rotatable bonds is 9. The number of nitrogens with one attached hydrogen (secondary N) is 1. The fourth-order valence-corrected chi connectivity index (χ4v) is 3.77. The van der Waals surface area contributed by atoms with Gasteiger partial charge in [0.1, 0.15) is 5.76 Å². The van der Waals surface area contributed by atoms with E-state index in [-0.39, 0.29) is 17.7 Å². The molecule has 3 rings (SSSR count). The van der Waals surface area contributed by atoms with Gasteiger partial charge in [0.2, 0.25) is 5.91 Å². The van der Waals surface area contributed by atoms with E-state index in [1.807, 2.05) is 42.5 Å². The second-order valence-corrected chi connectivity index (χ2v) is 7.43. The lowest BCUT2D eigenvalue weighted by atomic mass is 10.1. The number of ketones is 1. The van der Waals surface area contributed by atoms with E-state index in [1.165, 1.54) is 25.7 Å². The van der Waals surface area contributed by atoms with Crippen molar-refractivity contribution in [3.8, 4) is 0 Å². The van der Waals surface area contributed by atoms with E-state index in [4.69, 9.17) is 4.42 Å². The minimum atomic E-state index is -0.00719. The molecule has 5 heteroatoms. The van der Waals surface area contributed by atoms with Crippen LogP contribution in [0.4, 0.5) is 0 Å². The Morgan fingerprint density at radius 2 is 1.71 bits per heavy atom. The highest BCUT2D eigenvalue weighted by Gasteiger charge is 2.24. The van der Waals surface area contributed by atoms with Crippen LogP contribution in [0.5, 0.6) is 0 Å². The molecule has 1 fully saturated rings. The van der Waals surface area contributed by atoms with Crippen molar-refractivity contribution in [2.24, 2.45) is 0 Å². The zero-order chi connectivity index (χ0) is 19.6. The predicted octanol–water partition coefficient (Wildman–Crippen LogP) is 4.37. The molecule has 1 aromatic heterocycles. The smallest absolute Gasteiger partial charge is 0.220 e. The monoisotopic (exact) mass is 382 g/mol. The fourth-order valence-electron chi connectivity index (χ4n) is 3.77. The van der Waals surface area contributed by atoms with Crippen LogP contribution in [-0.2, 0) is 4.79 Å². The molecule has 1 amide bonds. The molecule has 0 spiro atoms. The molecular weight excluding hydrogens is 352 g/mol. The number of carbonyl (C=O) groups is 2. The Hall–Kier alpha value is -2.40. The van der Waals surface area contributed by atoms with Crippen molar-refractivity contribution >= 4 is 11.7 Å². The Kier molecular flexibility index (Phi) is 7.85. The quantitative estimate of drug-likeness (QED) is 0.654. The summed E-state index contributed by atoms with van der Waals surface area (Å²) in [5, 5.41) is 3.05. The van der Waals surface area contributed by atoms with Gasteiger partial charge in [-0.05, 0) is 44.5 Å². The van der Waals surface area contributed by atoms with Gasteiger partial charge in [0, 0.05) is 24.9 Å². The fraction of sp³-hybridized carbons (Fsp3) is 0.478. The third-order valence-corrected chi connectivity index (χ3v) is 5.35. The van der Waals surface area contributed by atoms with E-state index in [0.29, 0.717) is 31.4 Å². The molecule has 0 aliphatic carbocycles. The third kappa shape index (κ3) is 6.06. The van der Waals surface area contributed by atoms with E-state index in [0.717, 1.165) is 18.8 Å². The van der Waals surface area contributed by atoms with Crippen molar-refractivity contribution in [1.82, 2.24) is 10.2 Å². The lowest BCUT2D eigenvalue weighted by Gasteiger charge is -2.29. The molecule has 1 aliphatic rings. The largest absolute Gasteiger partial charge is 0.468 e. The number of hydrogen-bond acceptors (Lipinski definition) is 4. The predicted molar refractivity (Wildman–Crippen MR) is 109 cm³/mol. The molecule has 0 saturated carbocycles. The number of amides is 1. The summed E-state index contributed by atoms with van der Waals surface area (Å²) in [4.78, 5) is 26.9. The van der Waals surface area contributed by atoms with Crippen molar-refractivity contribution in [3.63, 3.8) is 0 Å². The van der Waals surface area contributed by atoms with Gasteiger partial charge >= 0.3 is 0 Å². The minimum absolute atomic E-state index is 0.00719. The highest BCUT2D eigenvalue weighted by Crippen LogP contribution is 2.24. The van der Waals surface area contributed by atoms with E-state index in [9.17, 15) is 9.59 Å². The van der Waals surface area contributed by atoms with Crippen LogP contribution >= 0.6 is 0 Å². The molecule has 1 unspecified atom stereocenters. The maximum atomic E-state index is 12.3. The summed E-state index contributed by atoms with van der Waals surface area (Å²) in [6.07, 6.45) is 7.92. The maximum absolute atomic E-state index is 12.3. The molecule has 1 saturated heterocycles. The summed E-state index contributed by atoms with van der Waals surface area (Å²) >= 11 is 0. The summed E-state index contributed by atoms with van der Waals surface area (Å²) < 4.78 is 5.65. The molecule has 1 N–H and O–H groups in total. The standard InChI is InChI=1S/C23H30N2O3/c26-21(19-10-4-3-5-11-19)12-8-14-23(27)24-18-20(22-13-9-17-28-22)25-15-6-1-2-7-16-25/h3-5,9-11,13,17,20H,1-2,6-8,12,14-16,18H2,(H,24,27). The first kappa shape index (κ1) is 20.3. The van der Waals surface area contributed by atoms with Gasteiger partial charge < -0.3 is 9.73 Å². The van der Waals surface area contributed by atoms with Crippen molar-refractivity contribution in [1.29, 1.82) is 0 Å². The zero-order valence-electron chi connectivity index (χ0n) is 16.4. The van der Waals surface area contributed by atoms with Gasteiger partial charge in [0.05, 0.1) is 12.3 Å². The summed E-state index contributed by atoms with van der Waals surface area (Å²) in [5.74, 6) is 0.986. The molecule has 5 nitrogen and oxygen atoms in total.